The van der Waals surface area contributed by atoms with Crippen molar-refractivity contribution in [2.45, 2.75) is 33.4 Å². The molecule has 0 aliphatic rings. The van der Waals surface area contributed by atoms with E-state index in [1.165, 1.54) is 15.3 Å². The van der Waals surface area contributed by atoms with Gasteiger partial charge in [-0.15, -0.1) is 11.3 Å². The molecule has 2 rings (SSSR count). The van der Waals surface area contributed by atoms with Gasteiger partial charge in [0.2, 0.25) is 5.91 Å². The summed E-state index contributed by atoms with van der Waals surface area (Å²) >= 11 is 1.79. The summed E-state index contributed by atoms with van der Waals surface area (Å²) in [7, 11) is 0. The minimum atomic E-state index is -0.0166. The monoisotopic (exact) mass is 303 g/mol. The number of rotatable bonds is 6. The van der Waals surface area contributed by atoms with Crippen molar-refractivity contribution in [3.05, 3.63) is 51.5 Å². The van der Waals surface area contributed by atoms with Gasteiger partial charge >= 0.3 is 0 Å². The fourth-order valence-corrected chi connectivity index (χ4v) is 3.21. The molecule has 5 heteroatoms. The second-order valence-electron chi connectivity index (χ2n) is 5.07. The fourth-order valence-electron chi connectivity index (χ4n) is 2.19. The number of aryl methyl sites for hydroxylation is 2. The van der Waals surface area contributed by atoms with E-state index in [-0.39, 0.29) is 11.9 Å². The predicted octanol–water partition coefficient (Wildman–Crippen LogP) is 2.73. The summed E-state index contributed by atoms with van der Waals surface area (Å²) in [5, 5.41) is 6.13. The lowest BCUT2D eigenvalue weighted by molar-refractivity contribution is -0.120. The second-order valence-corrected chi connectivity index (χ2v) is 6.53. The Bertz CT molecular complexity index is 595. The average Bonchev–Trinajstić information content (AvgIpc) is 2.82. The highest BCUT2D eigenvalue weighted by molar-refractivity contribution is 7.12. The van der Waals surface area contributed by atoms with Crippen molar-refractivity contribution in [1.82, 2.24) is 15.6 Å². The summed E-state index contributed by atoms with van der Waals surface area (Å²) in [4.78, 5) is 18.6. The summed E-state index contributed by atoms with van der Waals surface area (Å²) in [6.07, 6.45) is 1.73. The second kappa shape index (κ2) is 7.33. The molecule has 0 saturated carbocycles. The first-order valence-corrected chi connectivity index (χ1v) is 7.85. The van der Waals surface area contributed by atoms with E-state index in [2.05, 4.69) is 42.5 Å². The Morgan fingerprint density at radius 3 is 2.81 bits per heavy atom. The molecule has 0 saturated heterocycles. The van der Waals surface area contributed by atoms with Gasteiger partial charge in [-0.25, -0.2) is 0 Å². The quantitative estimate of drug-likeness (QED) is 0.863. The molecule has 2 N–H and O–H groups in total. The number of nitrogens with one attached hydrogen (secondary N) is 2. The van der Waals surface area contributed by atoms with Crippen LogP contribution in [0.25, 0.3) is 0 Å². The summed E-state index contributed by atoms with van der Waals surface area (Å²) < 4.78 is 0. The van der Waals surface area contributed by atoms with Gasteiger partial charge in [0.05, 0.1) is 18.8 Å². The molecule has 1 amide bonds. The van der Waals surface area contributed by atoms with Crippen LogP contribution in [0, 0.1) is 13.8 Å². The Balaban J connectivity index is 1.77. The lowest BCUT2D eigenvalue weighted by Crippen LogP contribution is -2.34. The first-order valence-electron chi connectivity index (χ1n) is 7.03. The third-order valence-corrected chi connectivity index (χ3v) is 4.29. The van der Waals surface area contributed by atoms with E-state index in [1.54, 1.807) is 17.5 Å². The number of hydrogen-bond donors (Lipinski definition) is 2. The molecule has 0 unspecified atom stereocenters. The zero-order valence-corrected chi connectivity index (χ0v) is 13.5. The number of thiophene rings is 1. The Kier molecular flexibility index (Phi) is 5.47. The Morgan fingerprint density at radius 1 is 1.38 bits per heavy atom. The van der Waals surface area contributed by atoms with Gasteiger partial charge in [0.1, 0.15) is 0 Å². The van der Waals surface area contributed by atoms with E-state index in [0.29, 0.717) is 13.1 Å². The van der Waals surface area contributed by atoms with E-state index in [4.69, 9.17) is 0 Å². The predicted molar refractivity (Wildman–Crippen MR) is 86.3 cm³/mol. The van der Waals surface area contributed by atoms with Gasteiger partial charge in [-0.3, -0.25) is 9.78 Å². The van der Waals surface area contributed by atoms with Crippen molar-refractivity contribution in [3.63, 3.8) is 0 Å². The lowest BCUT2D eigenvalue weighted by atomic mass is 10.1. The smallest absolute Gasteiger partial charge is 0.234 e. The van der Waals surface area contributed by atoms with Crippen molar-refractivity contribution in [2.75, 3.05) is 6.54 Å². The van der Waals surface area contributed by atoms with Gasteiger partial charge in [0.15, 0.2) is 0 Å². The van der Waals surface area contributed by atoms with Crippen LogP contribution in [0.15, 0.2) is 30.5 Å². The zero-order chi connectivity index (χ0) is 15.2. The molecule has 1 atom stereocenters. The molecule has 0 bridgehead atoms. The Hall–Kier alpha value is -1.72. The normalized spacial score (nSPS) is 12.1. The average molecular weight is 303 g/mol. The maximum absolute atomic E-state index is 11.8. The molecule has 21 heavy (non-hydrogen) atoms. The molecular formula is C16H21N3OS. The van der Waals surface area contributed by atoms with Crippen molar-refractivity contribution in [3.8, 4) is 0 Å². The molecular weight excluding hydrogens is 282 g/mol. The molecule has 0 spiro atoms. The topological polar surface area (TPSA) is 54.0 Å². The van der Waals surface area contributed by atoms with Crippen molar-refractivity contribution >= 4 is 17.2 Å². The van der Waals surface area contributed by atoms with Crippen LogP contribution in [-0.2, 0) is 11.3 Å². The number of hydrogen-bond acceptors (Lipinski definition) is 4. The van der Waals surface area contributed by atoms with Crippen LogP contribution >= 0.6 is 11.3 Å². The largest absolute Gasteiger partial charge is 0.349 e. The first kappa shape index (κ1) is 15.7. The molecule has 0 radical (unpaired) electrons. The van der Waals surface area contributed by atoms with Crippen LogP contribution in [0.5, 0.6) is 0 Å². The fraction of sp³-hybridized carbons (Fsp3) is 0.375. The standard InChI is InChI=1S/C16H21N3OS/c1-11-8-15(13(3)21-11)12(2)18-10-16(20)19-9-14-6-4-5-7-17-14/h4-8,12,18H,9-10H2,1-3H3,(H,19,20)/t12-/m1/s1. The molecule has 2 heterocycles. The number of nitrogens with zero attached hydrogens (tertiary/aromatic N) is 1. The molecule has 0 aliphatic heterocycles. The number of carbonyl (C=O) groups is 1. The molecule has 112 valence electrons. The van der Waals surface area contributed by atoms with Crippen molar-refractivity contribution in [1.29, 1.82) is 0 Å². The maximum Gasteiger partial charge on any atom is 0.234 e. The highest BCUT2D eigenvalue weighted by atomic mass is 32.1. The lowest BCUT2D eigenvalue weighted by Gasteiger charge is -2.13. The minimum Gasteiger partial charge on any atom is -0.349 e. The van der Waals surface area contributed by atoms with Crippen LogP contribution < -0.4 is 10.6 Å². The molecule has 4 nitrogen and oxygen atoms in total. The summed E-state index contributed by atoms with van der Waals surface area (Å²) in [6.45, 7) is 7.08. The minimum absolute atomic E-state index is 0.0166. The molecule has 2 aromatic rings. The van der Waals surface area contributed by atoms with Crippen LogP contribution in [0.4, 0.5) is 0 Å². The van der Waals surface area contributed by atoms with Gasteiger partial charge < -0.3 is 10.6 Å². The molecule has 0 aliphatic carbocycles. The zero-order valence-electron chi connectivity index (χ0n) is 12.6. The molecule has 2 aromatic heterocycles. The highest BCUT2D eigenvalue weighted by Gasteiger charge is 2.12. The van der Waals surface area contributed by atoms with E-state index >= 15 is 0 Å². The molecule has 0 fully saturated rings. The number of pyridine rings is 1. The number of aromatic nitrogens is 1. The maximum atomic E-state index is 11.8. The third-order valence-electron chi connectivity index (χ3n) is 3.31. The van der Waals surface area contributed by atoms with E-state index in [0.717, 1.165) is 5.69 Å². The van der Waals surface area contributed by atoms with Crippen LogP contribution in [-0.4, -0.2) is 17.4 Å². The van der Waals surface area contributed by atoms with Gasteiger partial charge in [-0.1, -0.05) is 6.07 Å². The van der Waals surface area contributed by atoms with Gasteiger partial charge in [0, 0.05) is 22.0 Å². The summed E-state index contributed by atoms with van der Waals surface area (Å²) in [5.41, 5.74) is 2.14. The van der Waals surface area contributed by atoms with Gasteiger partial charge in [-0.2, -0.15) is 0 Å². The van der Waals surface area contributed by atoms with Gasteiger partial charge in [-0.05, 0) is 44.5 Å². The third kappa shape index (κ3) is 4.65. The van der Waals surface area contributed by atoms with E-state index in [1.807, 2.05) is 18.2 Å². The summed E-state index contributed by atoms with van der Waals surface area (Å²) in [6, 6.07) is 8.03. The first-order chi connectivity index (χ1) is 10.1. The van der Waals surface area contributed by atoms with Crippen LogP contribution in [0.2, 0.25) is 0 Å². The van der Waals surface area contributed by atoms with E-state index in [9.17, 15) is 4.79 Å². The SMILES string of the molecule is Cc1cc([C@@H](C)NCC(=O)NCc2ccccn2)c(C)s1. The van der Waals surface area contributed by atoms with Crippen molar-refractivity contribution in [2.24, 2.45) is 0 Å². The Labute approximate surface area is 129 Å². The van der Waals surface area contributed by atoms with Crippen LogP contribution in [0.1, 0.15) is 34.0 Å². The molecule has 0 aromatic carbocycles. The van der Waals surface area contributed by atoms with Crippen molar-refractivity contribution < 1.29 is 4.79 Å². The van der Waals surface area contributed by atoms with Crippen LogP contribution in [0.3, 0.4) is 0 Å². The Morgan fingerprint density at radius 2 is 2.19 bits per heavy atom. The summed E-state index contributed by atoms with van der Waals surface area (Å²) in [5.74, 6) is -0.0166. The van der Waals surface area contributed by atoms with Gasteiger partial charge in [0.25, 0.3) is 0 Å². The number of carbonyl (C=O) groups excluding carboxylic acids is 1. The highest BCUT2D eigenvalue weighted by Crippen LogP contribution is 2.25. The van der Waals surface area contributed by atoms with E-state index < -0.39 is 0 Å². The number of amides is 1.